The van der Waals surface area contributed by atoms with Gasteiger partial charge in [0.05, 0.1) is 17.8 Å². The van der Waals surface area contributed by atoms with Crippen LogP contribution in [-0.4, -0.2) is 12.1 Å². The van der Waals surface area contributed by atoms with E-state index in [1.54, 1.807) is 31.6 Å². The van der Waals surface area contributed by atoms with Gasteiger partial charge in [0.25, 0.3) is 0 Å². The van der Waals surface area contributed by atoms with Crippen LogP contribution in [-0.2, 0) is 0 Å². The predicted molar refractivity (Wildman–Crippen MR) is 101 cm³/mol. The smallest absolute Gasteiger partial charge is 0.126 e. The molecule has 3 nitrogen and oxygen atoms in total. The molecule has 24 heavy (non-hydrogen) atoms. The lowest BCUT2D eigenvalue weighted by Gasteiger charge is -2.17. The van der Waals surface area contributed by atoms with Crippen molar-refractivity contribution in [3.63, 3.8) is 0 Å². The molecular weight excluding hydrogens is 367 g/mol. The first kappa shape index (κ1) is 16.9. The van der Waals surface area contributed by atoms with Crippen LogP contribution >= 0.6 is 34.8 Å². The zero-order valence-electron chi connectivity index (χ0n) is 12.7. The molecule has 0 aliphatic rings. The first-order valence-corrected chi connectivity index (χ1v) is 8.22. The van der Waals surface area contributed by atoms with Gasteiger partial charge in [-0.05, 0) is 42.5 Å². The minimum Gasteiger partial charge on any atom is -0.496 e. The van der Waals surface area contributed by atoms with E-state index in [1.165, 1.54) is 0 Å². The topological polar surface area (TPSA) is 34.1 Å². The Morgan fingerprint density at radius 3 is 2.29 bits per heavy atom. The van der Waals surface area contributed by atoms with Crippen molar-refractivity contribution in [2.75, 3.05) is 12.4 Å². The highest BCUT2D eigenvalue weighted by molar-refractivity contribution is 6.37. The normalized spacial score (nSPS) is 10.5. The summed E-state index contributed by atoms with van der Waals surface area (Å²) in [5.41, 5.74) is 3.17. The van der Waals surface area contributed by atoms with Crippen LogP contribution in [0.15, 0.2) is 54.9 Å². The molecule has 3 aromatic rings. The molecular formula is C18H13Cl3N2O. The predicted octanol–water partition coefficient (Wildman–Crippen LogP) is 6.46. The van der Waals surface area contributed by atoms with Gasteiger partial charge in [0.1, 0.15) is 5.75 Å². The minimum atomic E-state index is 0.497. The lowest BCUT2D eigenvalue weighted by atomic mass is 10.0. The fourth-order valence-electron chi connectivity index (χ4n) is 2.38. The molecule has 3 rings (SSSR count). The summed E-state index contributed by atoms with van der Waals surface area (Å²) in [6.45, 7) is 0. The van der Waals surface area contributed by atoms with Gasteiger partial charge in [-0.2, -0.15) is 0 Å². The highest BCUT2D eigenvalue weighted by Crippen LogP contribution is 2.42. The van der Waals surface area contributed by atoms with Gasteiger partial charge < -0.3 is 10.1 Å². The molecule has 0 radical (unpaired) electrons. The average Bonchev–Trinajstić information content (AvgIpc) is 2.58. The number of nitrogens with one attached hydrogen (secondary N) is 1. The molecule has 0 bridgehead atoms. The Hall–Kier alpha value is -1.94. The number of hydrogen-bond acceptors (Lipinski definition) is 3. The van der Waals surface area contributed by atoms with Crippen molar-refractivity contribution in [3.8, 4) is 16.9 Å². The Balaban J connectivity index is 2.19. The molecule has 0 spiro atoms. The number of anilines is 2. The molecule has 1 heterocycles. The van der Waals surface area contributed by atoms with E-state index in [4.69, 9.17) is 39.5 Å². The number of aromatic nitrogens is 1. The molecule has 0 aliphatic carbocycles. The number of methoxy groups -OCH3 is 1. The van der Waals surface area contributed by atoms with Crippen molar-refractivity contribution in [2.24, 2.45) is 0 Å². The van der Waals surface area contributed by atoms with Crippen molar-refractivity contribution in [1.82, 2.24) is 4.98 Å². The molecule has 6 heteroatoms. The van der Waals surface area contributed by atoms with Crippen LogP contribution in [0.3, 0.4) is 0 Å². The zero-order valence-corrected chi connectivity index (χ0v) is 15.0. The molecule has 0 unspecified atom stereocenters. The van der Waals surface area contributed by atoms with E-state index in [0.29, 0.717) is 26.5 Å². The second-order valence-corrected chi connectivity index (χ2v) is 6.30. The van der Waals surface area contributed by atoms with Gasteiger partial charge in [0, 0.05) is 39.3 Å². The Kier molecular flexibility index (Phi) is 5.14. The monoisotopic (exact) mass is 378 g/mol. The van der Waals surface area contributed by atoms with Gasteiger partial charge in [-0.3, -0.25) is 4.98 Å². The SMILES string of the molecule is COc1ccc(Cl)cc1-c1cc(Cl)cc(Cl)c1Nc1ccncc1. The van der Waals surface area contributed by atoms with Crippen LogP contribution in [0.4, 0.5) is 11.4 Å². The maximum absolute atomic E-state index is 6.43. The van der Waals surface area contributed by atoms with Crippen molar-refractivity contribution in [1.29, 1.82) is 0 Å². The number of hydrogen-bond donors (Lipinski definition) is 1. The summed E-state index contributed by atoms with van der Waals surface area (Å²) in [6.07, 6.45) is 3.40. The second kappa shape index (κ2) is 7.31. The molecule has 1 N–H and O–H groups in total. The number of benzene rings is 2. The van der Waals surface area contributed by atoms with Crippen LogP contribution in [0, 0.1) is 0 Å². The standard InChI is InChI=1S/C18H13Cl3N2O/c1-24-17-3-2-11(19)8-14(17)15-9-12(20)10-16(21)18(15)23-13-4-6-22-7-5-13/h2-10H,1H3,(H,22,23). The molecule has 0 aliphatic heterocycles. The summed E-state index contributed by atoms with van der Waals surface area (Å²) in [6, 6.07) is 12.6. The Bertz CT molecular complexity index is 870. The van der Waals surface area contributed by atoms with Crippen LogP contribution in [0.5, 0.6) is 5.75 Å². The van der Waals surface area contributed by atoms with Crippen molar-refractivity contribution in [3.05, 3.63) is 69.9 Å². The van der Waals surface area contributed by atoms with Gasteiger partial charge in [0.15, 0.2) is 0 Å². The summed E-state index contributed by atoms with van der Waals surface area (Å²) < 4.78 is 5.46. The molecule has 0 saturated carbocycles. The van der Waals surface area contributed by atoms with E-state index in [1.807, 2.05) is 30.3 Å². The van der Waals surface area contributed by atoms with E-state index >= 15 is 0 Å². The Morgan fingerprint density at radius 1 is 0.875 bits per heavy atom. The Labute approximate surface area is 155 Å². The number of ether oxygens (including phenoxy) is 1. The molecule has 1 aromatic heterocycles. The van der Waals surface area contributed by atoms with Crippen LogP contribution in [0.25, 0.3) is 11.1 Å². The average molecular weight is 380 g/mol. The van der Waals surface area contributed by atoms with Crippen LogP contribution in [0.1, 0.15) is 0 Å². The van der Waals surface area contributed by atoms with E-state index in [0.717, 1.165) is 16.8 Å². The first-order chi connectivity index (χ1) is 11.6. The lowest BCUT2D eigenvalue weighted by Crippen LogP contribution is -1.97. The molecule has 122 valence electrons. The van der Waals surface area contributed by atoms with E-state index < -0.39 is 0 Å². The molecule has 0 atom stereocenters. The highest BCUT2D eigenvalue weighted by Gasteiger charge is 2.16. The number of pyridine rings is 1. The summed E-state index contributed by atoms with van der Waals surface area (Å²) in [4.78, 5) is 4.01. The van der Waals surface area contributed by atoms with Crippen molar-refractivity contribution >= 4 is 46.2 Å². The zero-order chi connectivity index (χ0) is 17.1. The summed E-state index contributed by atoms with van der Waals surface area (Å²) in [5.74, 6) is 0.676. The minimum absolute atomic E-state index is 0.497. The fraction of sp³-hybridized carbons (Fsp3) is 0.0556. The quantitative estimate of drug-likeness (QED) is 0.564. The summed E-state index contributed by atoms with van der Waals surface area (Å²) in [7, 11) is 1.61. The van der Waals surface area contributed by atoms with E-state index in [2.05, 4.69) is 10.3 Å². The van der Waals surface area contributed by atoms with Crippen molar-refractivity contribution in [2.45, 2.75) is 0 Å². The molecule has 0 saturated heterocycles. The first-order valence-electron chi connectivity index (χ1n) is 7.08. The third-order valence-electron chi connectivity index (χ3n) is 3.46. The second-order valence-electron chi connectivity index (χ2n) is 5.02. The third kappa shape index (κ3) is 3.59. The molecule has 2 aromatic carbocycles. The van der Waals surface area contributed by atoms with Gasteiger partial charge in [-0.25, -0.2) is 0 Å². The van der Waals surface area contributed by atoms with Gasteiger partial charge in [-0.15, -0.1) is 0 Å². The van der Waals surface area contributed by atoms with Crippen molar-refractivity contribution < 1.29 is 4.74 Å². The summed E-state index contributed by atoms with van der Waals surface area (Å²) >= 11 is 18.8. The summed E-state index contributed by atoms with van der Waals surface area (Å²) in [5, 5.41) is 4.92. The van der Waals surface area contributed by atoms with Gasteiger partial charge in [0.2, 0.25) is 0 Å². The number of rotatable bonds is 4. The van der Waals surface area contributed by atoms with Gasteiger partial charge >= 0.3 is 0 Å². The highest BCUT2D eigenvalue weighted by atomic mass is 35.5. The lowest BCUT2D eigenvalue weighted by molar-refractivity contribution is 0.416. The fourth-order valence-corrected chi connectivity index (χ4v) is 3.10. The maximum atomic E-state index is 6.43. The van der Waals surface area contributed by atoms with Crippen LogP contribution in [0.2, 0.25) is 15.1 Å². The molecule has 0 fully saturated rings. The molecule has 0 amide bonds. The van der Waals surface area contributed by atoms with E-state index in [9.17, 15) is 0 Å². The Morgan fingerprint density at radius 2 is 1.58 bits per heavy atom. The third-order valence-corrected chi connectivity index (χ3v) is 4.21. The largest absolute Gasteiger partial charge is 0.496 e. The van der Waals surface area contributed by atoms with E-state index in [-0.39, 0.29) is 0 Å². The van der Waals surface area contributed by atoms with Gasteiger partial charge in [-0.1, -0.05) is 34.8 Å². The number of halogens is 3. The maximum Gasteiger partial charge on any atom is 0.126 e. The van der Waals surface area contributed by atoms with Crippen LogP contribution < -0.4 is 10.1 Å². The number of nitrogens with zero attached hydrogens (tertiary/aromatic N) is 1.